The molecular formula is C18H18O3. The second-order valence-corrected chi connectivity index (χ2v) is 5.46. The van der Waals surface area contributed by atoms with Crippen LogP contribution in [0.15, 0.2) is 36.4 Å². The Balaban J connectivity index is 1.99. The van der Waals surface area contributed by atoms with Crippen LogP contribution in [0.3, 0.4) is 0 Å². The topological polar surface area (TPSA) is 46.5 Å². The molecule has 0 aromatic heterocycles. The smallest absolute Gasteiger partial charge is 0.193 e. The van der Waals surface area contributed by atoms with Crippen molar-refractivity contribution in [2.45, 2.75) is 26.2 Å². The molecule has 3 rings (SSSR count). The number of aromatic hydroxyl groups is 1. The Hall–Kier alpha value is -2.29. The molecule has 2 aromatic carbocycles. The molecule has 21 heavy (non-hydrogen) atoms. The number of phenols is 1. The lowest BCUT2D eigenvalue weighted by Crippen LogP contribution is -2.04. The Morgan fingerprint density at radius 1 is 1.10 bits per heavy atom. The SMILES string of the molecule is Cc1cc(C(=O)c2ccc(O)cc2)cc2c1OCCCC2. The Labute approximate surface area is 124 Å². The maximum atomic E-state index is 12.6. The van der Waals surface area contributed by atoms with Crippen LogP contribution < -0.4 is 4.74 Å². The van der Waals surface area contributed by atoms with E-state index in [0.29, 0.717) is 11.1 Å². The summed E-state index contributed by atoms with van der Waals surface area (Å²) >= 11 is 0. The minimum Gasteiger partial charge on any atom is -0.508 e. The van der Waals surface area contributed by atoms with Crippen molar-refractivity contribution in [3.8, 4) is 11.5 Å². The highest BCUT2D eigenvalue weighted by Crippen LogP contribution is 2.30. The van der Waals surface area contributed by atoms with Gasteiger partial charge in [-0.25, -0.2) is 0 Å². The molecule has 3 heteroatoms. The number of ether oxygens (including phenoxy) is 1. The third-order valence-corrected chi connectivity index (χ3v) is 3.83. The number of hydrogen-bond acceptors (Lipinski definition) is 3. The summed E-state index contributed by atoms with van der Waals surface area (Å²) in [6.07, 6.45) is 3.09. The molecule has 0 unspecified atom stereocenters. The van der Waals surface area contributed by atoms with E-state index in [2.05, 4.69) is 0 Å². The van der Waals surface area contributed by atoms with Crippen molar-refractivity contribution in [2.75, 3.05) is 6.61 Å². The molecule has 0 radical (unpaired) electrons. The van der Waals surface area contributed by atoms with Gasteiger partial charge in [0.05, 0.1) is 6.61 Å². The van der Waals surface area contributed by atoms with Gasteiger partial charge in [0.25, 0.3) is 0 Å². The van der Waals surface area contributed by atoms with Gasteiger partial charge in [-0.1, -0.05) is 0 Å². The Bertz CT molecular complexity index is 672. The van der Waals surface area contributed by atoms with E-state index in [1.165, 1.54) is 12.1 Å². The highest BCUT2D eigenvalue weighted by atomic mass is 16.5. The molecule has 1 aliphatic heterocycles. The number of carbonyl (C=O) groups excluding carboxylic acids is 1. The van der Waals surface area contributed by atoms with Crippen LogP contribution in [0.4, 0.5) is 0 Å². The van der Waals surface area contributed by atoms with Crippen molar-refractivity contribution in [2.24, 2.45) is 0 Å². The number of carbonyl (C=O) groups is 1. The van der Waals surface area contributed by atoms with Crippen LogP contribution in [0.1, 0.15) is 39.9 Å². The van der Waals surface area contributed by atoms with Crippen molar-refractivity contribution in [1.82, 2.24) is 0 Å². The predicted molar refractivity (Wildman–Crippen MR) is 81.2 cm³/mol. The van der Waals surface area contributed by atoms with Gasteiger partial charge in [0, 0.05) is 11.1 Å². The molecule has 0 saturated carbocycles. The largest absolute Gasteiger partial charge is 0.508 e. The lowest BCUT2D eigenvalue weighted by molar-refractivity contribution is 0.103. The number of ketones is 1. The van der Waals surface area contributed by atoms with Crippen LogP contribution in [0.25, 0.3) is 0 Å². The molecular weight excluding hydrogens is 264 g/mol. The summed E-state index contributed by atoms with van der Waals surface area (Å²) in [5.74, 6) is 1.08. The first kappa shape index (κ1) is 13.7. The summed E-state index contributed by atoms with van der Waals surface area (Å²) in [5.41, 5.74) is 3.40. The van der Waals surface area contributed by atoms with Crippen LogP contribution in [0.5, 0.6) is 11.5 Å². The summed E-state index contributed by atoms with van der Waals surface area (Å²) in [7, 11) is 0. The second-order valence-electron chi connectivity index (χ2n) is 5.46. The van der Waals surface area contributed by atoms with Gasteiger partial charge in [-0.05, 0) is 73.7 Å². The standard InChI is InChI=1S/C18H18O3/c1-12-10-15(11-14-4-2-3-9-21-18(12)14)17(20)13-5-7-16(19)8-6-13/h5-8,10-11,19H,2-4,9H2,1H3. The molecule has 1 aliphatic rings. The molecule has 0 aliphatic carbocycles. The Morgan fingerprint density at radius 2 is 1.86 bits per heavy atom. The normalized spacial score (nSPS) is 14.0. The molecule has 3 nitrogen and oxygen atoms in total. The van der Waals surface area contributed by atoms with Crippen LogP contribution in [0, 0.1) is 6.92 Å². The summed E-state index contributed by atoms with van der Waals surface area (Å²) < 4.78 is 5.79. The van der Waals surface area contributed by atoms with Gasteiger partial charge in [0.2, 0.25) is 0 Å². The van der Waals surface area contributed by atoms with Gasteiger partial charge in [0.15, 0.2) is 5.78 Å². The zero-order valence-electron chi connectivity index (χ0n) is 12.1. The summed E-state index contributed by atoms with van der Waals surface area (Å²) in [4.78, 5) is 12.6. The zero-order valence-corrected chi connectivity index (χ0v) is 12.1. The van der Waals surface area contributed by atoms with Gasteiger partial charge in [-0.15, -0.1) is 0 Å². The average Bonchev–Trinajstić information content (AvgIpc) is 2.73. The number of phenolic OH excluding ortho intramolecular Hbond substituents is 1. The van der Waals surface area contributed by atoms with Gasteiger partial charge < -0.3 is 9.84 Å². The van der Waals surface area contributed by atoms with E-state index in [4.69, 9.17) is 4.74 Å². The minimum absolute atomic E-state index is 0.0230. The number of benzene rings is 2. The first-order valence-corrected chi connectivity index (χ1v) is 7.25. The molecule has 0 fully saturated rings. The van der Waals surface area contributed by atoms with Gasteiger partial charge in [0.1, 0.15) is 11.5 Å². The number of aryl methyl sites for hydroxylation is 2. The van der Waals surface area contributed by atoms with E-state index in [1.54, 1.807) is 12.1 Å². The molecule has 1 heterocycles. The summed E-state index contributed by atoms with van der Waals surface area (Å²) in [6.45, 7) is 2.73. The highest BCUT2D eigenvalue weighted by Gasteiger charge is 2.17. The van der Waals surface area contributed by atoms with Crippen molar-refractivity contribution >= 4 is 5.78 Å². The third kappa shape index (κ3) is 2.77. The van der Waals surface area contributed by atoms with Crippen LogP contribution in [-0.2, 0) is 6.42 Å². The number of rotatable bonds is 2. The third-order valence-electron chi connectivity index (χ3n) is 3.83. The first-order chi connectivity index (χ1) is 10.1. The number of hydrogen-bond donors (Lipinski definition) is 1. The highest BCUT2D eigenvalue weighted by molar-refractivity contribution is 6.09. The Morgan fingerprint density at radius 3 is 2.62 bits per heavy atom. The summed E-state index contributed by atoms with van der Waals surface area (Å²) in [6, 6.07) is 10.2. The van der Waals surface area contributed by atoms with E-state index < -0.39 is 0 Å². The van der Waals surface area contributed by atoms with E-state index >= 15 is 0 Å². The fourth-order valence-corrected chi connectivity index (χ4v) is 2.74. The lowest BCUT2D eigenvalue weighted by Gasteiger charge is -2.12. The maximum absolute atomic E-state index is 12.6. The molecule has 0 amide bonds. The molecule has 0 bridgehead atoms. The summed E-state index contributed by atoms with van der Waals surface area (Å²) in [5, 5.41) is 9.31. The van der Waals surface area contributed by atoms with Gasteiger partial charge in [-0.3, -0.25) is 4.79 Å². The van der Waals surface area contributed by atoms with Crippen molar-refractivity contribution in [1.29, 1.82) is 0 Å². The van der Waals surface area contributed by atoms with E-state index in [1.807, 2.05) is 19.1 Å². The number of fused-ring (bicyclic) bond motifs is 1. The second kappa shape index (κ2) is 5.60. The van der Waals surface area contributed by atoms with Crippen molar-refractivity contribution in [3.05, 3.63) is 58.7 Å². The average molecular weight is 282 g/mol. The van der Waals surface area contributed by atoms with Gasteiger partial charge >= 0.3 is 0 Å². The van der Waals surface area contributed by atoms with E-state index in [9.17, 15) is 9.90 Å². The molecule has 0 spiro atoms. The molecule has 1 N–H and O–H groups in total. The fraction of sp³-hybridized carbons (Fsp3) is 0.278. The molecule has 2 aromatic rings. The van der Waals surface area contributed by atoms with Crippen LogP contribution in [-0.4, -0.2) is 17.5 Å². The van der Waals surface area contributed by atoms with Gasteiger partial charge in [-0.2, -0.15) is 0 Å². The minimum atomic E-state index is -0.0230. The van der Waals surface area contributed by atoms with Crippen LogP contribution in [0.2, 0.25) is 0 Å². The maximum Gasteiger partial charge on any atom is 0.193 e. The lowest BCUT2D eigenvalue weighted by atomic mass is 9.96. The van der Waals surface area contributed by atoms with E-state index in [0.717, 1.165) is 42.7 Å². The van der Waals surface area contributed by atoms with Crippen molar-refractivity contribution in [3.63, 3.8) is 0 Å². The van der Waals surface area contributed by atoms with E-state index in [-0.39, 0.29) is 11.5 Å². The molecule has 0 saturated heterocycles. The first-order valence-electron chi connectivity index (χ1n) is 7.25. The fourth-order valence-electron chi connectivity index (χ4n) is 2.74. The quantitative estimate of drug-likeness (QED) is 0.855. The van der Waals surface area contributed by atoms with Crippen molar-refractivity contribution < 1.29 is 14.6 Å². The van der Waals surface area contributed by atoms with Crippen LogP contribution >= 0.6 is 0 Å². The molecule has 108 valence electrons. The Kier molecular flexibility index (Phi) is 3.65. The predicted octanol–water partition coefficient (Wildman–Crippen LogP) is 3.65. The monoisotopic (exact) mass is 282 g/mol. The molecule has 0 atom stereocenters. The zero-order chi connectivity index (χ0) is 14.8.